The Morgan fingerprint density at radius 1 is 1.12 bits per heavy atom. The minimum Gasteiger partial charge on any atom is -0.444 e. The maximum Gasteiger partial charge on any atom is 0.408 e. The molecule has 33 heavy (non-hydrogen) atoms. The smallest absolute Gasteiger partial charge is 0.408 e. The predicted molar refractivity (Wildman–Crippen MR) is 130 cm³/mol. The van der Waals surface area contributed by atoms with Gasteiger partial charge in [-0.1, -0.05) is 37.1 Å². The highest BCUT2D eigenvalue weighted by atomic mass is 16.6. The first-order chi connectivity index (χ1) is 15.3. The van der Waals surface area contributed by atoms with Crippen molar-refractivity contribution in [1.82, 2.24) is 15.5 Å². The third kappa shape index (κ3) is 7.76. The van der Waals surface area contributed by atoms with Gasteiger partial charge in [0.25, 0.3) is 0 Å². The quantitative estimate of drug-likeness (QED) is 0.567. The molecule has 2 N–H and O–H groups in total. The number of amides is 3. The Kier molecular flexibility index (Phi) is 8.92. The maximum atomic E-state index is 13.6. The van der Waals surface area contributed by atoms with Gasteiger partial charge in [0.1, 0.15) is 17.7 Å². The molecule has 3 atom stereocenters. The van der Waals surface area contributed by atoms with Gasteiger partial charge in [0.05, 0.1) is 0 Å². The van der Waals surface area contributed by atoms with E-state index in [1.807, 2.05) is 39.0 Å². The highest BCUT2D eigenvalue weighted by Gasteiger charge is 2.43. The molecule has 0 aromatic heterocycles. The number of alkyl carbamates (subject to hydrolysis) is 1. The van der Waals surface area contributed by atoms with E-state index < -0.39 is 23.8 Å². The fraction of sp³-hybridized carbons (Fsp3) is 0.654. The number of aryl methyl sites for hydroxylation is 2. The zero-order valence-corrected chi connectivity index (χ0v) is 21.5. The van der Waals surface area contributed by atoms with Crippen LogP contribution in [-0.2, 0) is 14.3 Å². The minimum absolute atomic E-state index is 0.00332. The summed E-state index contributed by atoms with van der Waals surface area (Å²) in [6.45, 7) is 15.0. The Hall–Kier alpha value is -2.57. The maximum absolute atomic E-state index is 13.6. The third-order valence-electron chi connectivity index (χ3n) is 5.66. The van der Waals surface area contributed by atoms with Gasteiger partial charge in [0.2, 0.25) is 11.8 Å². The van der Waals surface area contributed by atoms with Crippen molar-refractivity contribution in [3.63, 3.8) is 0 Å². The zero-order chi connectivity index (χ0) is 24.9. The number of nitrogens with zero attached hydrogens (tertiary/aromatic N) is 1. The van der Waals surface area contributed by atoms with Crippen molar-refractivity contribution in [1.29, 1.82) is 0 Å². The summed E-state index contributed by atoms with van der Waals surface area (Å²) in [5, 5.41) is 5.76. The standard InChI is InChI=1S/C26H41N3O4/c1-9-10-18(4)27-23(30)22(21-15-16(2)11-12-17(21)3)29(20-13-14-20)24(31)19(5)28-25(32)33-26(6,7)8/h11-12,15,18-20,22H,9-10,13-14H2,1-8H3,(H,27,30)(H,28,32). The number of rotatable bonds is 9. The van der Waals surface area contributed by atoms with Crippen LogP contribution in [0.25, 0.3) is 0 Å². The zero-order valence-electron chi connectivity index (χ0n) is 21.5. The Balaban J connectivity index is 2.38. The lowest BCUT2D eigenvalue weighted by atomic mass is 9.95. The summed E-state index contributed by atoms with van der Waals surface area (Å²) in [7, 11) is 0. The van der Waals surface area contributed by atoms with Crippen LogP contribution in [0.1, 0.15) is 90.0 Å². The third-order valence-corrected chi connectivity index (χ3v) is 5.66. The molecule has 2 rings (SSSR count). The van der Waals surface area contributed by atoms with E-state index in [1.165, 1.54) is 0 Å². The molecular formula is C26H41N3O4. The van der Waals surface area contributed by atoms with Crippen molar-refractivity contribution in [2.45, 2.75) is 111 Å². The van der Waals surface area contributed by atoms with E-state index in [0.717, 1.165) is 42.4 Å². The van der Waals surface area contributed by atoms with Crippen molar-refractivity contribution in [3.8, 4) is 0 Å². The van der Waals surface area contributed by atoms with Crippen molar-refractivity contribution in [2.75, 3.05) is 0 Å². The first kappa shape index (κ1) is 26.7. The average molecular weight is 460 g/mol. The van der Waals surface area contributed by atoms with Gasteiger partial charge in [-0.2, -0.15) is 0 Å². The van der Waals surface area contributed by atoms with Crippen molar-refractivity contribution < 1.29 is 19.1 Å². The Labute approximate surface area is 198 Å². The van der Waals surface area contributed by atoms with Gasteiger partial charge in [0, 0.05) is 12.1 Å². The van der Waals surface area contributed by atoms with Gasteiger partial charge < -0.3 is 20.3 Å². The van der Waals surface area contributed by atoms with Crippen molar-refractivity contribution in [3.05, 3.63) is 34.9 Å². The Bertz CT molecular complexity index is 858. The second kappa shape index (κ2) is 11.0. The molecule has 0 spiro atoms. The SMILES string of the molecule is CCCC(C)NC(=O)C(c1cc(C)ccc1C)N(C(=O)C(C)NC(=O)OC(C)(C)C)C1CC1. The molecule has 0 radical (unpaired) electrons. The molecule has 1 aliphatic rings. The predicted octanol–water partition coefficient (Wildman–Crippen LogP) is 4.55. The van der Waals surface area contributed by atoms with Gasteiger partial charge in [0.15, 0.2) is 0 Å². The summed E-state index contributed by atoms with van der Waals surface area (Å²) in [4.78, 5) is 41.2. The largest absolute Gasteiger partial charge is 0.444 e. The normalized spacial score (nSPS) is 16.4. The van der Waals surface area contributed by atoms with Gasteiger partial charge in [-0.3, -0.25) is 9.59 Å². The van der Waals surface area contributed by atoms with E-state index in [4.69, 9.17) is 4.74 Å². The van der Waals surface area contributed by atoms with Crippen molar-refractivity contribution in [2.24, 2.45) is 0 Å². The molecule has 0 aliphatic heterocycles. The number of nitrogens with one attached hydrogen (secondary N) is 2. The minimum atomic E-state index is -0.825. The molecule has 1 saturated carbocycles. The molecule has 1 aromatic rings. The summed E-state index contributed by atoms with van der Waals surface area (Å²) in [5.74, 6) is -0.470. The molecule has 0 bridgehead atoms. The molecule has 3 amide bonds. The molecule has 1 aliphatic carbocycles. The number of carbonyl (C=O) groups is 3. The number of carbonyl (C=O) groups excluding carboxylic acids is 3. The summed E-state index contributed by atoms with van der Waals surface area (Å²) >= 11 is 0. The van der Waals surface area contributed by atoms with Crippen LogP contribution in [-0.4, -0.2) is 46.5 Å². The van der Waals surface area contributed by atoms with Crippen LogP contribution < -0.4 is 10.6 Å². The van der Waals surface area contributed by atoms with E-state index in [9.17, 15) is 14.4 Å². The topological polar surface area (TPSA) is 87.7 Å². The van der Waals surface area contributed by atoms with E-state index >= 15 is 0 Å². The molecular weight excluding hydrogens is 418 g/mol. The number of hydrogen-bond acceptors (Lipinski definition) is 4. The fourth-order valence-corrected chi connectivity index (χ4v) is 3.94. The van der Waals surface area contributed by atoms with Gasteiger partial charge >= 0.3 is 6.09 Å². The summed E-state index contributed by atoms with van der Waals surface area (Å²) in [6.07, 6.45) is 2.84. The van der Waals surface area contributed by atoms with Gasteiger partial charge in [-0.15, -0.1) is 0 Å². The lowest BCUT2D eigenvalue weighted by Crippen LogP contribution is -2.53. The van der Waals surface area contributed by atoms with Crippen LogP contribution in [0.2, 0.25) is 0 Å². The number of hydrogen-bond donors (Lipinski definition) is 2. The van der Waals surface area contributed by atoms with Gasteiger partial charge in [-0.05, 0) is 78.9 Å². The first-order valence-electron chi connectivity index (χ1n) is 12.0. The van der Waals surface area contributed by atoms with Crippen LogP contribution in [0.3, 0.4) is 0 Å². The van der Waals surface area contributed by atoms with Crippen LogP contribution in [0.5, 0.6) is 0 Å². The fourth-order valence-electron chi connectivity index (χ4n) is 3.94. The molecule has 184 valence electrons. The molecule has 1 aromatic carbocycles. The summed E-state index contributed by atoms with van der Waals surface area (Å²) in [6, 6.07) is 4.36. The molecule has 1 fully saturated rings. The van der Waals surface area contributed by atoms with Crippen LogP contribution in [0.15, 0.2) is 18.2 Å². The molecule has 0 heterocycles. The monoisotopic (exact) mass is 459 g/mol. The van der Waals surface area contributed by atoms with E-state index in [1.54, 1.807) is 32.6 Å². The van der Waals surface area contributed by atoms with Crippen molar-refractivity contribution >= 4 is 17.9 Å². The van der Waals surface area contributed by atoms with Crippen LogP contribution >= 0.6 is 0 Å². The number of benzene rings is 1. The lowest BCUT2D eigenvalue weighted by Gasteiger charge is -2.35. The van der Waals surface area contributed by atoms with Crippen LogP contribution in [0, 0.1) is 13.8 Å². The van der Waals surface area contributed by atoms with E-state index in [-0.39, 0.29) is 23.9 Å². The molecule has 7 nitrogen and oxygen atoms in total. The summed E-state index contributed by atoms with van der Waals surface area (Å²) in [5.41, 5.74) is 2.13. The highest BCUT2D eigenvalue weighted by molar-refractivity contribution is 5.92. The van der Waals surface area contributed by atoms with E-state index in [0.29, 0.717) is 0 Å². The first-order valence-corrected chi connectivity index (χ1v) is 12.0. The Morgan fingerprint density at radius 3 is 2.30 bits per heavy atom. The van der Waals surface area contributed by atoms with Crippen LogP contribution in [0.4, 0.5) is 4.79 Å². The Morgan fingerprint density at radius 2 is 1.76 bits per heavy atom. The molecule has 3 unspecified atom stereocenters. The molecule has 7 heteroatoms. The average Bonchev–Trinajstić information content (AvgIpc) is 3.51. The highest BCUT2D eigenvalue weighted by Crippen LogP contribution is 2.37. The summed E-state index contributed by atoms with van der Waals surface area (Å²) < 4.78 is 5.32. The molecule has 0 saturated heterocycles. The number of ether oxygens (including phenoxy) is 1. The second-order valence-corrected chi connectivity index (χ2v) is 10.3. The van der Waals surface area contributed by atoms with Gasteiger partial charge in [-0.25, -0.2) is 4.79 Å². The lowest BCUT2D eigenvalue weighted by molar-refractivity contribution is -0.143. The second-order valence-electron chi connectivity index (χ2n) is 10.3. The van der Waals surface area contributed by atoms with E-state index in [2.05, 4.69) is 17.6 Å².